The number of hydrogen-bond donors (Lipinski definition) is 0. The Balaban J connectivity index is 2.14. The third-order valence-electron chi connectivity index (χ3n) is 4.54. The Kier molecular flexibility index (Phi) is 5.10. The molecule has 0 aliphatic heterocycles. The fourth-order valence-electron chi connectivity index (χ4n) is 2.64. The molecule has 1 heteroatoms. The summed E-state index contributed by atoms with van der Waals surface area (Å²) in [7, 11) is 0. The van der Waals surface area contributed by atoms with Crippen LogP contribution >= 0.6 is 22.6 Å². The van der Waals surface area contributed by atoms with Gasteiger partial charge in [-0.3, -0.25) is 0 Å². The van der Waals surface area contributed by atoms with Gasteiger partial charge < -0.3 is 0 Å². The van der Waals surface area contributed by atoms with Crippen LogP contribution in [0.1, 0.15) is 52.0 Å². The van der Waals surface area contributed by atoms with Gasteiger partial charge in [-0.2, -0.15) is 0 Å². The van der Waals surface area contributed by atoms with E-state index in [1.54, 1.807) is 5.56 Å². The largest absolute Gasteiger partial charge is 0.0820 e. The molecule has 1 aliphatic rings. The first-order chi connectivity index (χ1) is 9.04. The van der Waals surface area contributed by atoms with E-state index in [2.05, 4.69) is 73.7 Å². The zero-order chi connectivity index (χ0) is 13.9. The Labute approximate surface area is 131 Å². The summed E-state index contributed by atoms with van der Waals surface area (Å²) in [6.45, 7) is 7.09. The molecular weight excluding hydrogens is 343 g/mol. The van der Waals surface area contributed by atoms with E-state index >= 15 is 0 Å². The van der Waals surface area contributed by atoms with E-state index in [1.165, 1.54) is 42.5 Å². The summed E-state index contributed by atoms with van der Waals surface area (Å²) in [6, 6.07) is 6.79. The third kappa shape index (κ3) is 3.62. The van der Waals surface area contributed by atoms with Crippen molar-refractivity contribution in [1.29, 1.82) is 0 Å². The molecule has 104 valence electrons. The highest BCUT2D eigenvalue weighted by atomic mass is 127. The predicted octanol–water partition coefficient (Wildman–Crippen LogP) is 4.21. The first-order valence-corrected chi connectivity index (χ1v) is 8.71. The van der Waals surface area contributed by atoms with E-state index in [0.717, 1.165) is 3.92 Å². The Morgan fingerprint density at radius 2 is 1.95 bits per heavy atom. The number of benzene rings is 1. The summed E-state index contributed by atoms with van der Waals surface area (Å²) in [4.78, 5) is 0. The second kappa shape index (κ2) is 6.43. The molecule has 1 aromatic rings. The normalized spacial score (nSPS) is 16.2. The van der Waals surface area contributed by atoms with Gasteiger partial charge in [-0.25, -0.2) is 0 Å². The molecule has 19 heavy (non-hydrogen) atoms. The minimum Gasteiger partial charge on any atom is -0.0820 e. The van der Waals surface area contributed by atoms with Crippen LogP contribution in [0.25, 0.3) is 12.2 Å². The van der Waals surface area contributed by atoms with Crippen LogP contribution in [0, 0.1) is 5.41 Å². The fraction of sp³-hybridized carbons (Fsp3) is 0.556. The molecule has 1 aliphatic carbocycles. The van der Waals surface area contributed by atoms with Crippen LogP contribution in [0.4, 0.5) is 0 Å². The SMILES string of the molecule is CCC(C)(C)[C@H](I)CCc1cccc2c1=CCCC=2. The number of fused-ring (bicyclic) bond motifs is 1. The minimum atomic E-state index is 0.450. The highest BCUT2D eigenvalue weighted by Crippen LogP contribution is 2.33. The lowest BCUT2D eigenvalue weighted by Crippen LogP contribution is -2.31. The topological polar surface area (TPSA) is 0 Å². The smallest absolute Gasteiger partial charge is 0.0164 e. The number of hydrogen-bond acceptors (Lipinski definition) is 0. The van der Waals surface area contributed by atoms with Crippen LogP contribution < -0.4 is 10.4 Å². The first-order valence-electron chi connectivity index (χ1n) is 7.47. The summed E-state index contributed by atoms with van der Waals surface area (Å²) < 4.78 is 0.749. The van der Waals surface area contributed by atoms with Gasteiger partial charge in [0.05, 0.1) is 0 Å². The number of alkyl halides is 1. The van der Waals surface area contributed by atoms with Gasteiger partial charge in [0, 0.05) is 3.92 Å². The monoisotopic (exact) mass is 368 g/mol. The lowest BCUT2D eigenvalue weighted by atomic mass is 9.84. The quantitative estimate of drug-likeness (QED) is 0.540. The van der Waals surface area contributed by atoms with Gasteiger partial charge in [0.25, 0.3) is 0 Å². The van der Waals surface area contributed by atoms with Gasteiger partial charge in [0.1, 0.15) is 0 Å². The fourth-order valence-corrected chi connectivity index (χ4v) is 3.39. The molecule has 0 unspecified atom stereocenters. The molecule has 1 atom stereocenters. The van der Waals surface area contributed by atoms with Crippen molar-refractivity contribution < 1.29 is 0 Å². The van der Waals surface area contributed by atoms with Crippen LogP contribution in [0.15, 0.2) is 18.2 Å². The minimum absolute atomic E-state index is 0.450. The molecule has 0 fully saturated rings. The maximum absolute atomic E-state index is 2.65. The molecule has 0 aromatic heterocycles. The molecule has 0 bridgehead atoms. The first kappa shape index (κ1) is 15.1. The standard InChI is InChI=1S/C18H25I/c1-4-18(2,3)17(19)13-12-15-10-7-9-14-8-5-6-11-16(14)15/h7-11,17H,4-6,12-13H2,1-3H3/t17-/m1/s1. The van der Waals surface area contributed by atoms with Crippen LogP contribution in [0.3, 0.4) is 0 Å². The van der Waals surface area contributed by atoms with Crippen LogP contribution in [-0.4, -0.2) is 3.92 Å². The molecule has 2 rings (SSSR count). The molecule has 0 saturated heterocycles. The lowest BCUT2D eigenvalue weighted by molar-refractivity contribution is 0.337. The zero-order valence-electron chi connectivity index (χ0n) is 12.4. The summed E-state index contributed by atoms with van der Waals surface area (Å²) >= 11 is 2.65. The van der Waals surface area contributed by atoms with Crippen LogP contribution in [-0.2, 0) is 6.42 Å². The van der Waals surface area contributed by atoms with Gasteiger partial charge in [-0.1, -0.05) is 73.7 Å². The van der Waals surface area contributed by atoms with E-state index < -0.39 is 0 Å². The summed E-state index contributed by atoms with van der Waals surface area (Å²) in [5.41, 5.74) is 1.99. The van der Waals surface area contributed by atoms with E-state index in [-0.39, 0.29) is 0 Å². The van der Waals surface area contributed by atoms with Crippen molar-refractivity contribution in [2.45, 2.75) is 56.8 Å². The molecule has 0 N–H and O–H groups in total. The molecule has 0 radical (unpaired) electrons. The Bertz CT molecular complexity index is 539. The second-order valence-electron chi connectivity index (χ2n) is 6.25. The Morgan fingerprint density at radius 3 is 2.68 bits per heavy atom. The van der Waals surface area contributed by atoms with Gasteiger partial charge in [0.15, 0.2) is 0 Å². The van der Waals surface area contributed by atoms with Crippen molar-refractivity contribution >= 4 is 34.7 Å². The molecule has 0 saturated carbocycles. The average molecular weight is 368 g/mol. The molecule has 0 nitrogen and oxygen atoms in total. The van der Waals surface area contributed by atoms with Crippen molar-refractivity contribution in [3.05, 3.63) is 34.2 Å². The maximum Gasteiger partial charge on any atom is 0.0164 e. The summed E-state index contributed by atoms with van der Waals surface area (Å²) in [5.74, 6) is 0. The van der Waals surface area contributed by atoms with Crippen molar-refractivity contribution in [2.24, 2.45) is 5.41 Å². The second-order valence-corrected chi connectivity index (χ2v) is 7.76. The van der Waals surface area contributed by atoms with Crippen molar-refractivity contribution in [3.8, 4) is 0 Å². The molecule has 1 aromatic carbocycles. The molecule has 0 heterocycles. The number of aryl methyl sites for hydroxylation is 1. The highest BCUT2D eigenvalue weighted by Gasteiger charge is 2.24. The predicted molar refractivity (Wildman–Crippen MR) is 94.1 cm³/mol. The molecule has 0 amide bonds. The number of halogens is 1. The van der Waals surface area contributed by atoms with Crippen molar-refractivity contribution in [3.63, 3.8) is 0 Å². The van der Waals surface area contributed by atoms with Crippen molar-refractivity contribution in [2.75, 3.05) is 0 Å². The number of rotatable bonds is 5. The highest BCUT2D eigenvalue weighted by molar-refractivity contribution is 14.1. The van der Waals surface area contributed by atoms with Crippen LogP contribution in [0.5, 0.6) is 0 Å². The third-order valence-corrected chi connectivity index (χ3v) is 6.84. The van der Waals surface area contributed by atoms with Gasteiger partial charge >= 0.3 is 0 Å². The molecule has 0 spiro atoms. The maximum atomic E-state index is 2.65. The lowest BCUT2D eigenvalue weighted by Gasteiger charge is -2.29. The van der Waals surface area contributed by atoms with E-state index in [9.17, 15) is 0 Å². The summed E-state index contributed by atoms with van der Waals surface area (Å²) in [5, 5.41) is 2.95. The van der Waals surface area contributed by atoms with E-state index in [1.807, 2.05) is 0 Å². The van der Waals surface area contributed by atoms with Gasteiger partial charge in [0.2, 0.25) is 0 Å². The van der Waals surface area contributed by atoms with Crippen LogP contribution in [0.2, 0.25) is 0 Å². The van der Waals surface area contributed by atoms with Gasteiger partial charge in [-0.15, -0.1) is 0 Å². The molecular formula is C18H25I. The summed E-state index contributed by atoms with van der Waals surface area (Å²) in [6.07, 6.45) is 11.0. The van der Waals surface area contributed by atoms with Gasteiger partial charge in [-0.05, 0) is 53.5 Å². The average Bonchev–Trinajstić information content (AvgIpc) is 2.44. The Hall–Kier alpha value is -0.310. The van der Waals surface area contributed by atoms with E-state index in [4.69, 9.17) is 0 Å². The zero-order valence-corrected chi connectivity index (χ0v) is 14.5. The van der Waals surface area contributed by atoms with E-state index in [0.29, 0.717) is 5.41 Å². The Morgan fingerprint density at radius 1 is 1.21 bits per heavy atom. The van der Waals surface area contributed by atoms with Crippen molar-refractivity contribution in [1.82, 2.24) is 0 Å².